The minimum Gasteiger partial charge on any atom is -0.374 e. The number of rotatable bonds is 5. The van der Waals surface area contributed by atoms with Crippen LogP contribution < -0.4 is 0 Å². The van der Waals surface area contributed by atoms with Crippen LogP contribution >= 0.6 is 0 Å². The Hall–Kier alpha value is -0.410. The number of carbonyl (C=O) groups excluding carboxylic acids is 1. The zero-order valence-corrected chi connectivity index (χ0v) is 11.1. The summed E-state index contributed by atoms with van der Waals surface area (Å²) in [5.74, 6) is 0.330. The zero-order valence-electron chi connectivity index (χ0n) is 11.1. The molecule has 0 bridgehead atoms. The second kappa shape index (κ2) is 4.84. The molecule has 94 valence electrons. The van der Waals surface area contributed by atoms with Crippen LogP contribution in [0.1, 0.15) is 47.5 Å². The van der Waals surface area contributed by atoms with Crippen molar-refractivity contribution in [3.63, 3.8) is 0 Å². The van der Waals surface area contributed by atoms with Gasteiger partial charge < -0.3 is 9.47 Å². The van der Waals surface area contributed by atoms with Crippen molar-refractivity contribution in [3.05, 3.63) is 0 Å². The summed E-state index contributed by atoms with van der Waals surface area (Å²) in [6, 6.07) is 0. The van der Waals surface area contributed by atoms with Crippen molar-refractivity contribution in [1.82, 2.24) is 0 Å². The summed E-state index contributed by atoms with van der Waals surface area (Å²) >= 11 is 0. The number of hydrogen-bond donors (Lipinski definition) is 0. The molecule has 1 saturated carbocycles. The summed E-state index contributed by atoms with van der Waals surface area (Å²) in [6.07, 6.45) is 1.52. The maximum atomic E-state index is 11.5. The molecule has 0 saturated heterocycles. The van der Waals surface area contributed by atoms with E-state index in [1.165, 1.54) is 0 Å². The number of hydrogen-bond acceptors (Lipinski definition) is 3. The minimum absolute atomic E-state index is 0.0913. The molecule has 1 rings (SSSR count). The average Bonchev–Trinajstić information content (AvgIpc) is 2.19. The van der Waals surface area contributed by atoms with Crippen LogP contribution in [-0.4, -0.2) is 30.7 Å². The van der Waals surface area contributed by atoms with Gasteiger partial charge in [-0.15, -0.1) is 0 Å². The maximum absolute atomic E-state index is 11.5. The van der Waals surface area contributed by atoms with Gasteiger partial charge in [0.2, 0.25) is 0 Å². The molecule has 0 radical (unpaired) electrons. The van der Waals surface area contributed by atoms with Gasteiger partial charge >= 0.3 is 0 Å². The van der Waals surface area contributed by atoms with Crippen LogP contribution in [0.3, 0.4) is 0 Å². The van der Waals surface area contributed by atoms with Crippen LogP contribution in [0.4, 0.5) is 0 Å². The molecule has 16 heavy (non-hydrogen) atoms. The van der Waals surface area contributed by atoms with E-state index in [-0.39, 0.29) is 17.1 Å². The van der Waals surface area contributed by atoms with Gasteiger partial charge in [-0.3, -0.25) is 4.79 Å². The summed E-state index contributed by atoms with van der Waals surface area (Å²) < 4.78 is 11.3. The summed E-state index contributed by atoms with van der Waals surface area (Å²) in [6.45, 7) is 11.3. The van der Waals surface area contributed by atoms with Gasteiger partial charge in [0.05, 0.1) is 30.3 Å². The number of ketones is 1. The topological polar surface area (TPSA) is 35.5 Å². The zero-order chi connectivity index (χ0) is 12.4. The lowest BCUT2D eigenvalue weighted by Gasteiger charge is -2.44. The Bertz CT molecular complexity index is 254. The van der Waals surface area contributed by atoms with Crippen LogP contribution in [0.2, 0.25) is 0 Å². The van der Waals surface area contributed by atoms with Gasteiger partial charge in [0.25, 0.3) is 0 Å². The fourth-order valence-electron chi connectivity index (χ4n) is 1.88. The molecule has 0 spiro atoms. The van der Waals surface area contributed by atoms with E-state index < -0.39 is 0 Å². The Morgan fingerprint density at radius 3 is 2.44 bits per heavy atom. The Morgan fingerprint density at radius 1 is 1.38 bits per heavy atom. The van der Waals surface area contributed by atoms with Gasteiger partial charge in [-0.1, -0.05) is 13.8 Å². The van der Waals surface area contributed by atoms with Crippen LogP contribution in [0.15, 0.2) is 0 Å². The van der Waals surface area contributed by atoms with Crippen LogP contribution in [0.5, 0.6) is 0 Å². The molecule has 1 fully saturated rings. The third-order valence-electron chi connectivity index (χ3n) is 3.39. The summed E-state index contributed by atoms with van der Waals surface area (Å²) in [5, 5.41) is 0. The lowest BCUT2D eigenvalue weighted by atomic mass is 9.64. The Kier molecular flexibility index (Phi) is 4.13. The molecule has 1 aliphatic rings. The van der Waals surface area contributed by atoms with E-state index in [1.54, 1.807) is 0 Å². The average molecular weight is 228 g/mol. The molecule has 2 atom stereocenters. The van der Waals surface area contributed by atoms with E-state index in [4.69, 9.17) is 9.47 Å². The van der Waals surface area contributed by atoms with E-state index in [0.717, 1.165) is 6.42 Å². The molecule has 2 unspecified atom stereocenters. The quantitative estimate of drug-likeness (QED) is 0.678. The molecule has 3 heteroatoms. The summed E-state index contributed by atoms with van der Waals surface area (Å²) in [5.41, 5.74) is -0.366. The fourth-order valence-corrected chi connectivity index (χ4v) is 1.88. The number of carbonyl (C=O) groups is 1. The lowest BCUT2D eigenvalue weighted by molar-refractivity contribution is -0.165. The Balaban J connectivity index is 2.23. The molecule has 0 aliphatic heterocycles. The molecule has 0 aromatic carbocycles. The lowest BCUT2D eigenvalue weighted by Crippen LogP contribution is -2.53. The predicted octanol–water partition coefficient (Wildman–Crippen LogP) is 2.58. The van der Waals surface area contributed by atoms with Crippen molar-refractivity contribution < 1.29 is 14.3 Å². The second-order valence-corrected chi connectivity index (χ2v) is 5.72. The van der Waals surface area contributed by atoms with Crippen molar-refractivity contribution >= 4 is 5.78 Å². The first-order valence-corrected chi connectivity index (χ1v) is 6.08. The smallest absolute Gasteiger partial charge is 0.143 e. The number of ether oxygens (including phenoxy) is 2. The highest BCUT2D eigenvalue weighted by Gasteiger charge is 2.50. The molecular weight excluding hydrogens is 204 g/mol. The Labute approximate surface area is 98.5 Å². The molecule has 0 aromatic heterocycles. The van der Waals surface area contributed by atoms with Crippen molar-refractivity contribution in [2.24, 2.45) is 5.41 Å². The van der Waals surface area contributed by atoms with E-state index >= 15 is 0 Å². The van der Waals surface area contributed by atoms with E-state index in [2.05, 4.69) is 0 Å². The first-order valence-electron chi connectivity index (χ1n) is 6.08. The van der Waals surface area contributed by atoms with Crippen LogP contribution in [-0.2, 0) is 14.3 Å². The van der Waals surface area contributed by atoms with Gasteiger partial charge in [-0.2, -0.15) is 0 Å². The maximum Gasteiger partial charge on any atom is 0.143 e. The van der Waals surface area contributed by atoms with Gasteiger partial charge in [0.15, 0.2) is 0 Å². The van der Waals surface area contributed by atoms with E-state index in [1.807, 2.05) is 34.6 Å². The minimum atomic E-state index is -0.248. The van der Waals surface area contributed by atoms with Gasteiger partial charge in [-0.05, 0) is 27.2 Å². The third-order valence-corrected chi connectivity index (χ3v) is 3.39. The molecule has 1 aliphatic carbocycles. The van der Waals surface area contributed by atoms with Crippen LogP contribution in [0, 0.1) is 5.41 Å². The summed E-state index contributed by atoms with van der Waals surface area (Å²) in [4.78, 5) is 11.5. The van der Waals surface area contributed by atoms with Crippen molar-refractivity contribution in [1.29, 1.82) is 0 Å². The molecule has 0 aromatic rings. The number of Topliss-reactive ketones (excluding diaryl/α,β-unsaturated/α-hetero) is 1. The largest absolute Gasteiger partial charge is 0.374 e. The van der Waals surface area contributed by atoms with Crippen molar-refractivity contribution in [2.75, 3.05) is 13.2 Å². The van der Waals surface area contributed by atoms with Gasteiger partial charge in [-0.25, -0.2) is 0 Å². The highest BCUT2D eigenvalue weighted by Crippen LogP contribution is 2.42. The third kappa shape index (κ3) is 3.05. The molecule has 0 N–H and O–H groups in total. The molecule has 3 nitrogen and oxygen atoms in total. The molecule has 0 amide bonds. The fraction of sp³-hybridized carbons (Fsp3) is 0.923. The van der Waals surface area contributed by atoms with Crippen LogP contribution in [0.25, 0.3) is 0 Å². The highest BCUT2D eigenvalue weighted by atomic mass is 16.5. The van der Waals surface area contributed by atoms with E-state index in [0.29, 0.717) is 25.4 Å². The van der Waals surface area contributed by atoms with Gasteiger partial charge in [0.1, 0.15) is 5.78 Å². The monoisotopic (exact) mass is 228 g/mol. The van der Waals surface area contributed by atoms with Gasteiger partial charge in [0, 0.05) is 6.42 Å². The second-order valence-electron chi connectivity index (χ2n) is 5.72. The molecular formula is C13H24O3. The Morgan fingerprint density at radius 2 is 2.00 bits per heavy atom. The first-order chi connectivity index (χ1) is 7.29. The first kappa shape index (κ1) is 13.7. The predicted molar refractivity (Wildman–Crippen MR) is 63.5 cm³/mol. The van der Waals surface area contributed by atoms with Crippen molar-refractivity contribution in [2.45, 2.75) is 59.2 Å². The molecule has 0 heterocycles. The van der Waals surface area contributed by atoms with E-state index in [9.17, 15) is 4.79 Å². The SMILES string of the molecule is CCC1(C)C(=O)CC1OCCOC(C)(C)C. The van der Waals surface area contributed by atoms with Crippen molar-refractivity contribution in [3.8, 4) is 0 Å². The normalized spacial score (nSPS) is 30.3. The standard InChI is InChI=1S/C13H24O3/c1-6-13(5)10(14)9-11(13)15-7-8-16-12(2,3)4/h11H,6-9H2,1-5H3. The summed E-state index contributed by atoms with van der Waals surface area (Å²) in [7, 11) is 0. The highest BCUT2D eigenvalue weighted by molar-refractivity contribution is 5.91.